The van der Waals surface area contributed by atoms with E-state index in [1.54, 1.807) is 17.5 Å². The van der Waals surface area contributed by atoms with Crippen LogP contribution >= 0.6 is 11.3 Å². The number of thiophene rings is 1. The second-order valence-electron chi connectivity index (χ2n) is 8.54. The fourth-order valence-electron chi connectivity index (χ4n) is 4.39. The number of benzene rings is 2. The minimum Gasteiger partial charge on any atom is -0.324 e. The second-order valence-corrected chi connectivity index (χ2v) is 11.4. The monoisotopic (exact) mass is 483 g/mol. The predicted octanol–water partition coefficient (Wildman–Crippen LogP) is 4.49. The third kappa shape index (κ3) is 5.89. The van der Waals surface area contributed by atoms with Crippen molar-refractivity contribution in [3.63, 3.8) is 0 Å². The third-order valence-corrected chi connectivity index (χ3v) is 8.75. The summed E-state index contributed by atoms with van der Waals surface area (Å²) in [6, 6.07) is 18.5. The summed E-state index contributed by atoms with van der Waals surface area (Å²) in [5.74, 6) is -0.0798. The number of carbonyl (C=O) groups excluding carboxylic acids is 1. The first kappa shape index (κ1) is 23.6. The molecule has 0 saturated carbocycles. The van der Waals surface area contributed by atoms with Crippen molar-refractivity contribution in [2.45, 2.75) is 43.0 Å². The van der Waals surface area contributed by atoms with Gasteiger partial charge in [-0.1, -0.05) is 42.5 Å². The minimum absolute atomic E-state index is 0.0798. The lowest BCUT2D eigenvalue weighted by Gasteiger charge is -2.37. The van der Waals surface area contributed by atoms with E-state index in [-0.39, 0.29) is 11.9 Å². The molecule has 3 aromatic rings. The number of nitrogens with zero attached hydrogens (tertiary/aromatic N) is 1. The van der Waals surface area contributed by atoms with Gasteiger partial charge >= 0.3 is 0 Å². The number of aryl methyl sites for hydroxylation is 2. The normalized spacial score (nSPS) is 16.4. The SMILES string of the molecule is Cc1cc(C)cc(NC(=O)C(c2ccccc2)N2CCC(NS(=O)(=O)c3cccs3)CC2)c1. The summed E-state index contributed by atoms with van der Waals surface area (Å²) >= 11 is 1.21. The molecule has 0 aliphatic carbocycles. The molecule has 0 radical (unpaired) electrons. The van der Waals surface area contributed by atoms with Crippen LogP contribution in [0.4, 0.5) is 5.69 Å². The zero-order chi connectivity index (χ0) is 23.4. The molecule has 6 nitrogen and oxygen atoms in total. The molecule has 174 valence electrons. The van der Waals surface area contributed by atoms with Crippen molar-refractivity contribution >= 4 is 33.0 Å². The minimum atomic E-state index is -3.50. The van der Waals surface area contributed by atoms with Crippen molar-refractivity contribution in [2.75, 3.05) is 18.4 Å². The third-order valence-electron chi connectivity index (χ3n) is 5.83. The molecule has 8 heteroatoms. The van der Waals surface area contributed by atoms with Crippen molar-refractivity contribution in [1.29, 1.82) is 0 Å². The summed E-state index contributed by atoms with van der Waals surface area (Å²) in [7, 11) is -3.50. The van der Waals surface area contributed by atoms with Gasteiger partial charge in [0.05, 0.1) is 0 Å². The average Bonchev–Trinajstić information content (AvgIpc) is 3.31. The van der Waals surface area contributed by atoms with Gasteiger partial charge in [0.1, 0.15) is 10.3 Å². The van der Waals surface area contributed by atoms with Gasteiger partial charge in [0.15, 0.2) is 0 Å². The highest BCUT2D eigenvalue weighted by molar-refractivity contribution is 7.91. The predicted molar refractivity (Wildman–Crippen MR) is 133 cm³/mol. The maximum Gasteiger partial charge on any atom is 0.250 e. The average molecular weight is 484 g/mol. The molecule has 2 N–H and O–H groups in total. The maximum atomic E-state index is 13.4. The van der Waals surface area contributed by atoms with E-state index in [0.29, 0.717) is 30.1 Å². The molecule has 1 aliphatic rings. The van der Waals surface area contributed by atoms with E-state index >= 15 is 0 Å². The van der Waals surface area contributed by atoms with E-state index in [1.165, 1.54) is 11.3 Å². The number of hydrogen-bond donors (Lipinski definition) is 2. The molecule has 1 aromatic heterocycles. The molecule has 0 spiro atoms. The van der Waals surface area contributed by atoms with Gasteiger partial charge in [-0.25, -0.2) is 13.1 Å². The van der Waals surface area contributed by atoms with Crippen LogP contribution < -0.4 is 10.0 Å². The Labute approximate surface area is 199 Å². The number of carbonyl (C=O) groups is 1. The largest absolute Gasteiger partial charge is 0.324 e. The number of nitrogens with one attached hydrogen (secondary N) is 2. The Morgan fingerprint density at radius 3 is 2.27 bits per heavy atom. The summed E-state index contributed by atoms with van der Waals surface area (Å²) in [6.07, 6.45) is 1.29. The molecule has 1 fully saturated rings. The van der Waals surface area contributed by atoms with E-state index in [1.807, 2.05) is 56.3 Å². The van der Waals surface area contributed by atoms with E-state index in [2.05, 4.69) is 21.0 Å². The van der Waals surface area contributed by atoms with Crippen molar-refractivity contribution < 1.29 is 13.2 Å². The number of sulfonamides is 1. The number of likely N-dealkylation sites (tertiary alicyclic amines) is 1. The lowest BCUT2D eigenvalue weighted by molar-refractivity contribution is -0.122. The number of piperidine rings is 1. The highest BCUT2D eigenvalue weighted by Gasteiger charge is 2.32. The zero-order valence-electron chi connectivity index (χ0n) is 18.8. The molecule has 33 heavy (non-hydrogen) atoms. The number of hydrogen-bond acceptors (Lipinski definition) is 5. The molecule has 1 saturated heterocycles. The second kappa shape index (κ2) is 10.2. The number of amides is 1. The lowest BCUT2D eigenvalue weighted by Crippen LogP contribution is -2.47. The van der Waals surface area contributed by atoms with E-state index in [9.17, 15) is 13.2 Å². The maximum absolute atomic E-state index is 13.4. The number of anilines is 1. The lowest BCUT2D eigenvalue weighted by atomic mass is 9.99. The van der Waals surface area contributed by atoms with Gasteiger partial charge in [0.2, 0.25) is 15.9 Å². The van der Waals surface area contributed by atoms with Gasteiger partial charge in [-0.05, 0) is 67.0 Å². The molecule has 1 amide bonds. The van der Waals surface area contributed by atoms with Gasteiger partial charge in [0, 0.05) is 24.8 Å². The van der Waals surface area contributed by atoms with E-state index < -0.39 is 16.1 Å². The van der Waals surface area contributed by atoms with Crippen LogP contribution in [0.5, 0.6) is 0 Å². The summed E-state index contributed by atoms with van der Waals surface area (Å²) in [6.45, 7) is 5.27. The Kier molecular flexibility index (Phi) is 7.29. The van der Waals surface area contributed by atoms with Gasteiger partial charge in [-0.15, -0.1) is 11.3 Å². The molecule has 1 aliphatic heterocycles. The van der Waals surface area contributed by atoms with Gasteiger partial charge in [-0.2, -0.15) is 0 Å². The fourth-order valence-corrected chi connectivity index (χ4v) is 6.70. The number of rotatable bonds is 7. The summed E-state index contributed by atoms with van der Waals surface area (Å²) in [5.41, 5.74) is 3.91. The van der Waals surface area contributed by atoms with Crippen molar-refractivity contribution in [3.8, 4) is 0 Å². The first-order chi connectivity index (χ1) is 15.8. The van der Waals surface area contributed by atoms with E-state index in [4.69, 9.17) is 0 Å². The smallest absolute Gasteiger partial charge is 0.250 e. The van der Waals surface area contributed by atoms with Gasteiger partial charge in [-0.3, -0.25) is 9.69 Å². The summed E-state index contributed by atoms with van der Waals surface area (Å²) in [5, 5.41) is 4.86. The van der Waals surface area contributed by atoms with Crippen molar-refractivity contribution in [3.05, 3.63) is 82.7 Å². The van der Waals surface area contributed by atoms with Crippen molar-refractivity contribution in [2.24, 2.45) is 0 Å². The van der Waals surface area contributed by atoms with Crippen molar-refractivity contribution in [1.82, 2.24) is 9.62 Å². The van der Waals surface area contributed by atoms with Crippen LogP contribution in [0, 0.1) is 13.8 Å². The van der Waals surface area contributed by atoms with Crippen LogP contribution in [0.25, 0.3) is 0 Å². The van der Waals surface area contributed by atoms with Crippen LogP contribution in [-0.2, 0) is 14.8 Å². The van der Waals surface area contributed by atoms with Crippen LogP contribution in [0.1, 0.15) is 35.6 Å². The Balaban J connectivity index is 1.48. The van der Waals surface area contributed by atoms with E-state index in [0.717, 1.165) is 22.4 Å². The van der Waals surface area contributed by atoms with Crippen LogP contribution in [0.2, 0.25) is 0 Å². The highest BCUT2D eigenvalue weighted by Crippen LogP contribution is 2.28. The highest BCUT2D eigenvalue weighted by atomic mass is 32.2. The van der Waals surface area contributed by atoms with Crippen LogP contribution in [-0.4, -0.2) is 38.4 Å². The Morgan fingerprint density at radius 1 is 1.00 bits per heavy atom. The quantitative estimate of drug-likeness (QED) is 0.519. The first-order valence-corrected chi connectivity index (χ1v) is 13.4. The molecular weight excluding hydrogens is 454 g/mol. The molecular formula is C25H29N3O3S2. The Hall–Kier alpha value is -2.52. The Bertz CT molecular complexity index is 1170. The van der Waals surface area contributed by atoms with Crippen LogP contribution in [0.15, 0.2) is 70.3 Å². The standard InChI is InChI=1S/C25H29N3O3S2/c1-18-15-19(2)17-22(16-18)26-25(29)24(20-7-4-3-5-8-20)28-12-10-21(11-13-28)27-33(30,31)23-9-6-14-32-23/h3-9,14-17,21,24,27H,10-13H2,1-2H3,(H,26,29). The molecule has 1 unspecified atom stereocenters. The molecule has 1 atom stereocenters. The Morgan fingerprint density at radius 2 is 1.67 bits per heavy atom. The topological polar surface area (TPSA) is 78.5 Å². The van der Waals surface area contributed by atoms with Gasteiger partial charge in [0.25, 0.3) is 0 Å². The fraction of sp³-hybridized carbons (Fsp3) is 0.320. The zero-order valence-corrected chi connectivity index (χ0v) is 20.5. The van der Waals surface area contributed by atoms with Crippen LogP contribution in [0.3, 0.4) is 0 Å². The molecule has 4 rings (SSSR count). The molecule has 0 bridgehead atoms. The molecule has 2 heterocycles. The van der Waals surface area contributed by atoms with Gasteiger partial charge < -0.3 is 5.32 Å². The summed E-state index contributed by atoms with van der Waals surface area (Å²) in [4.78, 5) is 15.6. The molecule has 2 aromatic carbocycles. The summed E-state index contributed by atoms with van der Waals surface area (Å²) < 4.78 is 28.3. The first-order valence-electron chi connectivity index (χ1n) is 11.1.